The van der Waals surface area contributed by atoms with Gasteiger partial charge in [0.25, 0.3) is 0 Å². The minimum absolute atomic E-state index is 0.153. The number of aryl methyl sites for hydroxylation is 2. The molecule has 4 heteroatoms. The van der Waals surface area contributed by atoms with Gasteiger partial charge in [0, 0.05) is 12.6 Å². The van der Waals surface area contributed by atoms with Crippen LogP contribution in [0.3, 0.4) is 0 Å². The highest BCUT2D eigenvalue weighted by Crippen LogP contribution is 2.30. The molecule has 0 aromatic carbocycles. The van der Waals surface area contributed by atoms with E-state index in [1.807, 2.05) is 20.8 Å². The lowest BCUT2D eigenvalue weighted by molar-refractivity contribution is 0.126. The number of hydrogen-bond acceptors (Lipinski definition) is 2. The lowest BCUT2D eigenvalue weighted by atomic mass is 10.0. The van der Waals surface area contributed by atoms with Crippen LogP contribution in [0.2, 0.25) is 5.15 Å². The zero-order chi connectivity index (χ0) is 10.2. The monoisotopic (exact) mass is 202 g/mol. The Morgan fingerprint density at radius 3 is 2.31 bits per heavy atom. The van der Waals surface area contributed by atoms with Crippen LogP contribution < -0.4 is 0 Å². The number of aliphatic hydroxyl groups is 1. The Hall–Kier alpha value is -0.540. The molecular formula is C9H15ClN2O. The molecule has 0 bridgehead atoms. The predicted molar refractivity (Wildman–Crippen MR) is 52.8 cm³/mol. The lowest BCUT2D eigenvalue weighted by Gasteiger charge is -2.13. The van der Waals surface area contributed by atoms with Gasteiger partial charge in [-0.25, -0.2) is 0 Å². The van der Waals surface area contributed by atoms with Gasteiger partial charge < -0.3 is 5.11 Å². The summed E-state index contributed by atoms with van der Waals surface area (Å²) in [4.78, 5) is 0. The van der Waals surface area contributed by atoms with Gasteiger partial charge in [0.05, 0.1) is 11.8 Å². The van der Waals surface area contributed by atoms with Crippen molar-refractivity contribution < 1.29 is 5.11 Å². The molecule has 1 N–H and O–H groups in total. The summed E-state index contributed by atoms with van der Waals surface area (Å²) in [5.74, 6) is 0.153. The van der Waals surface area contributed by atoms with Crippen molar-refractivity contribution in [1.29, 1.82) is 0 Å². The molecule has 0 aliphatic rings. The minimum Gasteiger partial charge on any atom is -0.388 e. The van der Waals surface area contributed by atoms with Gasteiger partial charge in [-0.05, 0) is 12.8 Å². The first kappa shape index (κ1) is 10.5. The van der Waals surface area contributed by atoms with Crippen LogP contribution in [-0.2, 0) is 7.05 Å². The molecule has 1 aromatic rings. The van der Waals surface area contributed by atoms with Gasteiger partial charge in [0.1, 0.15) is 5.15 Å². The summed E-state index contributed by atoms with van der Waals surface area (Å²) >= 11 is 5.99. The van der Waals surface area contributed by atoms with Crippen molar-refractivity contribution in [2.45, 2.75) is 26.9 Å². The summed E-state index contributed by atoms with van der Waals surface area (Å²) in [6.07, 6.45) is -0.527. The smallest absolute Gasteiger partial charge is 0.132 e. The number of hydrogen-bond donors (Lipinski definition) is 1. The van der Waals surface area contributed by atoms with E-state index in [1.165, 1.54) is 0 Å². The summed E-state index contributed by atoms with van der Waals surface area (Å²) in [5, 5.41) is 14.5. The largest absolute Gasteiger partial charge is 0.388 e. The van der Waals surface area contributed by atoms with Crippen molar-refractivity contribution in [2.75, 3.05) is 0 Å². The third kappa shape index (κ3) is 1.86. The van der Waals surface area contributed by atoms with Crippen LogP contribution in [0.1, 0.15) is 31.2 Å². The zero-order valence-corrected chi connectivity index (χ0v) is 9.13. The Morgan fingerprint density at radius 2 is 2.00 bits per heavy atom. The number of aromatic nitrogens is 2. The van der Waals surface area contributed by atoms with Crippen molar-refractivity contribution in [3.05, 3.63) is 16.4 Å². The second-order valence-corrected chi connectivity index (χ2v) is 3.96. The molecule has 1 atom stereocenters. The highest BCUT2D eigenvalue weighted by Gasteiger charge is 2.21. The Morgan fingerprint density at radius 1 is 1.46 bits per heavy atom. The first-order valence-corrected chi connectivity index (χ1v) is 4.70. The molecule has 3 nitrogen and oxygen atoms in total. The van der Waals surface area contributed by atoms with Crippen LogP contribution in [0.5, 0.6) is 0 Å². The van der Waals surface area contributed by atoms with E-state index in [-0.39, 0.29) is 5.92 Å². The lowest BCUT2D eigenvalue weighted by Crippen LogP contribution is -2.06. The quantitative estimate of drug-likeness (QED) is 0.798. The molecule has 0 fully saturated rings. The van der Waals surface area contributed by atoms with Crippen molar-refractivity contribution in [3.8, 4) is 0 Å². The van der Waals surface area contributed by atoms with E-state index in [1.54, 1.807) is 11.7 Å². The molecule has 1 heterocycles. The SMILES string of the molecule is Cc1nn(C)c(Cl)c1C(O)C(C)C. The molecule has 0 saturated carbocycles. The molecule has 0 amide bonds. The molecule has 1 aromatic heterocycles. The molecule has 13 heavy (non-hydrogen) atoms. The number of aliphatic hydroxyl groups excluding tert-OH is 1. The van der Waals surface area contributed by atoms with Gasteiger partial charge in [0.15, 0.2) is 0 Å². The van der Waals surface area contributed by atoms with E-state index in [0.29, 0.717) is 5.15 Å². The molecule has 0 saturated heterocycles. The van der Waals surface area contributed by atoms with Gasteiger partial charge in [0.2, 0.25) is 0 Å². The van der Waals surface area contributed by atoms with Gasteiger partial charge in [-0.2, -0.15) is 5.10 Å². The average Bonchev–Trinajstić information content (AvgIpc) is 2.26. The van der Waals surface area contributed by atoms with Gasteiger partial charge in [-0.3, -0.25) is 4.68 Å². The van der Waals surface area contributed by atoms with E-state index in [0.717, 1.165) is 11.3 Å². The van der Waals surface area contributed by atoms with Crippen molar-refractivity contribution in [2.24, 2.45) is 13.0 Å². The summed E-state index contributed by atoms with van der Waals surface area (Å²) in [6.45, 7) is 5.76. The molecule has 1 rings (SSSR count). The van der Waals surface area contributed by atoms with E-state index in [4.69, 9.17) is 11.6 Å². The number of rotatable bonds is 2. The van der Waals surface area contributed by atoms with Crippen LogP contribution >= 0.6 is 11.6 Å². The Bertz CT molecular complexity index is 307. The fourth-order valence-corrected chi connectivity index (χ4v) is 1.60. The van der Waals surface area contributed by atoms with Crippen LogP contribution in [0, 0.1) is 12.8 Å². The standard InChI is InChI=1S/C9H15ClN2O/c1-5(2)8(13)7-6(3)11-12(4)9(7)10/h5,8,13H,1-4H3. The van der Waals surface area contributed by atoms with Crippen molar-refractivity contribution in [1.82, 2.24) is 9.78 Å². The molecule has 74 valence electrons. The fourth-order valence-electron chi connectivity index (χ4n) is 1.32. The van der Waals surface area contributed by atoms with Crippen LogP contribution in [-0.4, -0.2) is 14.9 Å². The number of halogens is 1. The van der Waals surface area contributed by atoms with Crippen molar-refractivity contribution in [3.63, 3.8) is 0 Å². The highest BCUT2D eigenvalue weighted by atomic mass is 35.5. The van der Waals surface area contributed by atoms with Crippen LogP contribution in [0.25, 0.3) is 0 Å². The maximum atomic E-state index is 9.84. The second kappa shape index (κ2) is 3.68. The molecule has 0 aliphatic carbocycles. The van der Waals surface area contributed by atoms with E-state index in [2.05, 4.69) is 5.10 Å². The summed E-state index contributed by atoms with van der Waals surface area (Å²) in [5.41, 5.74) is 1.55. The maximum Gasteiger partial charge on any atom is 0.132 e. The fraction of sp³-hybridized carbons (Fsp3) is 0.667. The third-order valence-corrected chi connectivity index (χ3v) is 2.57. The molecule has 0 spiro atoms. The van der Waals surface area contributed by atoms with E-state index >= 15 is 0 Å². The first-order chi connectivity index (χ1) is 5.95. The third-order valence-electron chi connectivity index (χ3n) is 2.12. The molecular weight excluding hydrogens is 188 g/mol. The maximum absolute atomic E-state index is 9.84. The van der Waals surface area contributed by atoms with Gasteiger partial charge in [-0.1, -0.05) is 25.4 Å². The highest BCUT2D eigenvalue weighted by molar-refractivity contribution is 6.30. The topological polar surface area (TPSA) is 38.0 Å². The summed E-state index contributed by atoms with van der Waals surface area (Å²) in [7, 11) is 1.77. The Kier molecular flexibility index (Phi) is 2.98. The van der Waals surface area contributed by atoms with Crippen LogP contribution in [0.15, 0.2) is 0 Å². The summed E-state index contributed by atoms with van der Waals surface area (Å²) in [6, 6.07) is 0. The zero-order valence-electron chi connectivity index (χ0n) is 8.37. The predicted octanol–water partition coefficient (Wildman–Crippen LogP) is 2.07. The first-order valence-electron chi connectivity index (χ1n) is 4.32. The molecule has 1 unspecified atom stereocenters. The normalized spacial score (nSPS) is 13.8. The van der Waals surface area contributed by atoms with E-state index in [9.17, 15) is 5.11 Å². The second-order valence-electron chi connectivity index (χ2n) is 3.60. The minimum atomic E-state index is -0.527. The average molecular weight is 203 g/mol. The van der Waals surface area contributed by atoms with E-state index < -0.39 is 6.10 Å². The van der Waals surface area contributed by atoms with Crippen molar-refractivity contribution >= 4 is 11.6 Å². The summed E-state index contributed by atoms with van der Waals surface area (Å²) < 4.78 is 1.58. The number of nitrogens with zero attached hydrogens (tertiary/aromatic N) is 2. The molecule has 0 radical (unpaired) electrons. The Balaban J connectivity index is 3.13. The Labute approximate surface area is 83.3 Å². The van der Waals surface area contributed by atoms with Crippen LogP contribution in [0.4, 0.5) is 0 Å². The van der Waals surface area contributed by atoms with Gasteiger partial charge >= 0.3 is 0 Å². The van der Waals surface area contributed by atoms with Gasteiger partial charge in [-0.15, -0.1) is 0 Å². The molecule has 0 aliphatic heterocycles.